The molecule has 11 aromatic rings. The Morgan fingerprint density at radius 1 is 0.419 bits per heavy atom. The summed E-state index contributed by atoms with van der Waals surface area (Å²) in [6, 6.07) is 49.0. The van der Waals surface area contributed by atoms with Crippen molar-refractivity contribution in [1.82, 2.24) is 9.13 Å². The van der Waals surface area contributed by atoms with Crippen LogP contribution < -0.4 is 0 Å². The Hall–Kier alpha value is -9.07. The zero-order valence-electron chi connectivity index (χ0n) is 38.9. The van der Waals surface area contributed by atoms with Crippen LogP contribution in [0.25, 0.3) is 104 Å². The van der Waals surface area contributed by atoms with E-state index in [-0.39, 0.29) is 16.8 Å². The van der Waals surface area contributed by atoms with Crippen LogP contribution >= 0.6 is 0 Å². The van der Waals surface area contributed by atoms with Crippen LogP contribution in [0.2, 0.25) is 0 Å². The van der Waals surface area contributed by atoms with E-state index in [1.54, 1.807) is 74.5 Å². The Bertz CT molecular complexity index is 4210. The van der Waals surface area contributed by atoms with E-state index in [1.807, 2.05) is 81.9 Å². The minimum atomic E-state index is -4.77. The van der Waals surface area contributed by atoms with Crippen molar-refractivity contribution in [3.63, 3.8) is 0 Å². The fourth-order valence-electron chi connectivity index (χ4n) is 10.4. The molecule has 0 spiro atoms. The quantitative estimate of drug-likeness (QED) is 0.121. The van der Waals surface area contributed by atoms with Gasteiger partial charge in [0.2, 0.25) is 0 Å². The first kappa shape index (κ1) is 47.3. The summed E-state index contributed by atoms with van der Waals surface area (Å²) in [5, 5.41) is 14.0. The maximum Gasteiger partial charge on any atom is 0.416 e. The summed E-state index contributed by atoms with van der Waals surface area (Å²) in [4.78, 5) is 3.61. The fourth-order valence-corrected chi connectivity index (χ4v) is 10.4. The van der Waals surface area contributed by atoms with Crippen molar-refractivity contribution in [2.24, 2.45) is 0 Å². The molecule has 0 amide bonds. The lowest BCUT2D eigenvalue weighted by molar-refractivity contribution is -0.138. The lowest BCUT2D eigenvalue weighted by Crippen LogP contribution is -2.06. The van der Waals surface area contributed by atoms with E-state index in [1.165, 1.54) is 6.07 Å². The van der Waals surface area contributed by atoms with Crippen molar-refractivity contribution in [3.8, 4) is 62.0 Å². The summed E-state index contributed by atoms with van der Waals surface area (Å²) in [5.41, 5.74) is 4.52. The summed E-state index contributed by atoms with van der Waals surface area (Å²) in [6.45, 7) is 11.4. The third-order valence-corrected chi connectivity index (χ3v) is 13.5. The predicted molar refractivity (Wildman–Crippen MR) is 272 cm³/mol. The molecule has 0 fully saturated rings. The third-order valence-electron chi connectivity index (χ3n) is 13.5. The number of hydrogen-bond donors (Lipinski definition) is 0. The normalized spacial score (nSPS) is 12.2. The van der Waals surface area contributed by atoms with Gasteiger partial charge >= 0.3 is 18.5 Å². The molecule has 0 aliphatic carbocycles. The molecule has 4 nitrogen and oxygen atoms in total. The highest BCUT2D eigenvalue weighted by Crippen LogP contribution is 2.49. The second-order valence-electron chi connectivity index (χ2n) is 18.2. The molecule has 0 N–H and O–H groups in total. The van der Waals surface area contributed by atoms with Crippen LogP contribution in [0.15, 0.2) is 176 Å². The van der Waals surface area contributed by atoms with Crippen molar-refractivity contribution in [3.05, 3.63) is 221 Å². The molecule has 9 aromatic carbocycles. The summed E-state index contributed by atoms with van der Waals surface area (Å²) in [6.07, 6.45) is -13.9. The van der Waals surface area contributed by atoms with Crippen LogP contribution in [0.5, 0.6) is 0 Å². The van der Waals surface area contributed by atoms with Crippen LogP contribution in [0.4, 0.5) is 45.2 Å². The van der Waals surface area contributed by atoms with Gasteiger partial charge in [-0.25, -0.2) is 4.85 Å². The number of hydrogen-bond acceptors (Lipinski definition) is 1. The van der Waals surface area contributed by atoms with Gasteiger partial charge in [0.25, 0.3) is 0 Å². The highest BCUT2D eigenvalue weighted by molar-refractivity contribution is 6.14. The first-order valence-electron chi connectivity index (χ1n) is 23.0. The Morgan fingerprint density at radius 3 is 1.38 bits per heavy atom. The van der Waals surface area contributed by atoms with Crippen LogP contribution in [0, 0.1) is 31.8 Å². The standard InChI is InChI=1S/C61H35F9N4/c1-34-24-39(28-42(26-34)60(65,66)67)36-18-22-53-48(30-36)45-11-4-6-14-51(45)73(53)55-16-8-10-38(33-71)57(55)58-47(44-21-20-41(59(62,63)64)32-50(44)72-3)13-9-17-56(58)74-52-15-7-5-12-46(52)49-31-37(19-23-54(49)74)40-25-35(2)27-43(29-40)61(68,69)70/h4-32H,1-2H3. The van der Waals surface area contributed by atoms with Gasteiger partial charge in [-0.1, -0.05) is 91.0 Å². The minimum Gasteiger partial charge on any atom is -0.309 e. The molecule has 11 rings (SSSR count). The predicted octanol–water partition coefficient (Wildman–Crippen LogP) is 18.6. The van der Waals surface area contributed by atoms with Gasteiger partial charge in [0.1, 0.15) is 0 Å². The van der Waals surface area contributed by atoms with Gasteiger partial charge in [0, 0.05) is 38.2 Å². The number of aryl methyl sites for hydroxylation is 2. The van der Waals surface area contributed by atoms with E-state index in [0.29, 0.717) is 94.3 Å². The molecule has 0 saturated heterocycles. The maximum absolute atomic E-state index is 14.3. The van der Waals surface area contributed by atoms with Crippen molar-refractivity contribution in [2.75, 3.05) is 0 Å². The Labute approximate surface area is 416 Å². The molecule has 0 bridgehead atoms. The Balaban J connectivity index is 1.23. The summed E-state index contributed by atoms with van der Waals surface area (Å²) < 4.78 is 131. The molecule has 74 heavy (non-hydrogen) atoms. The van der Waals surface area contributed by atoms with E-state index in [0.717, 1.165) is 47.2 Å². The van der Waals surface area contributed by atoms with Gasteiger partial charge in [-0.2, -0.15) is 44.8 Å². The third kappa shape index (κ3) is 7.98. The number of nitrogens with zero attached hydrogens (tertiary/aromatic N) is 4. The lowest BCUT2D eigenvalue weighted by atomic mass is 9.88. The van der Waals surface area contributed by atoms with Crippen molar-refractivity contribution < 1.29 is 39.5 Å². The second kappa shape index (κ2) is 17.3. The zero-order chi connectivity index (χ0) is 52.0. The molecule has 13 heteroatoms. The van der Waals surface area contributed by atoms with Gasteiger partial charge in [0.15, 0.2) is 5.69 Å². The SMILES string of the molecule is [C-]#[N+]c1cc(C(F)(F)F)ccc1-c1cccc(-n2c3ccccc3c3cc(-c4cc(C)cc(C(F)(F)F)c4)ccc32)c1-c1c(C#N)cccc1-n1c2ccccc2c2cc(-c3cc(C)cc(C(F)(F)F)c3)ccc21. The minimum absolute atomic E-state index is 0.148. The summed E-state index contributed by atoms with van der Waals surface area (Å²) in [5.74, 6) is 0. The van der Waals surface area contributed by atoms with Crippen molar-refractivity contribution >= 4 is 49.3 Å². The molecule has 2 heterocycles. The van der Waals surface area contributed by atoms with Crippen molar-refractivity contribution in [2.45, 2.75) is 32.4 Å². The largest absolute Gasteiger partial charge is 0.416 e. The molecule has 0 unspecified atom stereocenters. The summed E-state index contributed by atoms with van der Waals surface area (Å²) in [7, 11) is 0. The van der Waals surface area contributed by atoms with E-state index >= 15 is 0 Å². The van der Waals surface area contributed by atoms with E-state index in [9.17, 15) is 44.8 Å². The molecule has 0 atom stereocenters. The molecule has 0 radical (unpaired) electrons. The number of benzene rings is 9. The average molecular weight is 995 g/mol. The smallest absolute Gasteiger partial charge is 0.309 e. The number of halogens is 9. The fraction of sp³-hybridized carbons (Fsp3) is 0.0820. The van der Waals surface area contributed by atoms with Crippen LogP contribution in [-0.4, -0.2) is 9.13 Å². The van der Waals surface area contributed by atoms with E-state index in [4.69, 9.17) is 6.57 Å². The number of alkyl halides is 9. The number of rotatable bonds is 6. The number of fused-ring (bicyclic) bond motifs is 6. The van der Waals surface area contributed by atoms with Crippen LogP contribution in [-0.2, 0) is 18.5 Å². The maximum atomic E-state index is 14.3. The van der Waals surface area contributed by atoms with E-state index < -0.39 is 35.2 Å². The first-order chi connectivity index (χ1) is 35.3. The Morgan fingerprint density at radius 2 is 0.892 bits per heavy atom. The molecule has 0 aliphatic heterocycles. The zero-order valence-corrected chi connectivity index (χ0v) is 38.9. The molecular weight excluding hydrogens is 960 g/mol. The van der Waals surface area contributed by atoms with Crippen molar-refractivity contribution in [1.29, 1.82) is 5.26 Å². The monoisotopic (exact) mass is 994 g/mol. The Kier molecular flexibility index (Phi) is 11.1. The number of aromatic nitrogens is 2. The first-order valence-corrected chi connectivity index (χ1v) is 23.0. The highest BCUT2D eigenvalue weighted by atomic mass is 19.4. The molecular formula is C61H35F9N4. The molecule has 0 saturated carbocycles. The van der Waals surface area contributed by atoms with Gasteiger partial charge in [-0.15, -0.1) is 0 Å². The van der Waals surface area contributed by atoms with Gasteiger partial charge < -0.3 is 9.13 Å². The molecule has 0 aliphatic rings. The van der Waals surface area contributed by atoms with Crippen LogP contribution in [0.1, 0.15) is 33.4 Å². The number of nitriles is 1. The van der Waals surface area contributed by atoms with Gasteiger partial charge in [0.05, 0.1) is 62.8 Å². The lowest BCUT2D eigenvalue weighted by Gasteiger charge is -2.23. The summed E-state index contributed by atoms with van der Waals surface area (Å²) >= 11 is 0. The molecule has 2 aromatic heterocycles. The highest BCUT2D eigenvalue weighted by Gasteiger charge is 2.34. The topological polar surface area (TPSA) is 38.0 Å². The number of para-hydroxylation sites is 2. The molecule has 362 valence electrons. The second-order valence-corrected chi connectivity index (χ2v) is 18.2. The van der Waals surface area contributed by atoms with Gasteiger partial charge in [-0.05, 0) is 143 Å². The van der Waals surface area contributed by atoms with E-state index in [2.05, 4.69) is 10.9 Å². The van der Waals surface area contributed by atoms with Gasteiger partial charge in [-0.3, -0.25) is 0 Å². The van der Waals surface area contributed by atoms with Crippen LogP contribution in [0.3, 0.4) is 0 Å². The average Bonchev–Trinajstić information content (AvgIpc) is 3.89.